The summed E-state index contributed by atoms with van der Waals surface area (Å²) in [5.41, 5.74) is 2.97. The fraction of sp³-hybridized carbons (Fsp3) is 0.391. The van der Waals surface area contributed by atoms with Crippen molar-refractivity contribution < 1.29 is 27.9 Å². The van der Waals surface area contributed by atoms with Crippen molar-refractivity contribution in [2.45, 2.75) is 57.3 Å². The largest absolute Gasteiger partial charge is 0.451 e. The minimum atomic E-state index is -4.06. The number of aliphatic hydroxyl groups is 1. The van der Waals surface area contributed by atoms with Crippen LogP contribution in [0.15, 0.2) is 41.3 Å². The van der Waals surface area contributed by atoms with Crippen molar-refractivity contribution in [1.82, 2.24) is 4.31 Å². The Labute approximate surface area is 198 Å². The minimum Gasteiger partial charge on any atom is -0.451 e. The van der Waals surface area contributed by atoms with E-state index in [1.54, 1.807) is 38.1 Å². The van der Waals surface area contributed by atoms with Gasteiger partial charge in [0.25, 0.3) is 5.91 Å². The molecule has 2 aromatic rings. The van der Waals surface area contributed by atoms with Crippen LogP contribution >= 0.6 is 11.6 Å². The molecular formula is C23H27ClN2O6S. The fourth-order valence-electron chi connectivity index (χ4n) is 3.54. The molecule has 2 unspecified atom stereocenters. The highest BCUT2D eigenvalue weighted by molar-refractivity contribution is 7.89. The molecule has 2 aromatic carbocycles. The van der Waals surface area contributed by atoms with Gasteiger partial charge in [-0.3, -0.25) is 9.59 Å². The molecule has 3 rings (SSSR count). The van der Waals surface area contributed by atoms with E-state index in [-0.39, 0.29) is 17.9 Å². The number of anilines is 1. The molecule has 0 aliphatic carbocycles. The van der Waals surface area contributed by atoms with Gasteiger partial charge in [-0.2, -0.15) is 4.31 Å². The summed E-state index contributed by atoms with van der Waals surface area (Å²) >= 11 is 5.97. The summed E-state index contributed by atoms with van der Waals surface area (Å²) in [5, 5.41) is 13.2. The first-order valence-electron chi connectivity index (χ1n) is 10.4. The number of benzene rings is 2. The van der Waals surface area contributed by atoms with E-state index in [4.69, 9.17) is 16.3 Å². The molecule has 33 heavy (non-hydrogen) atoms. The highest BCUT2D eigenvalue weighted by atomic mass is 35.5. The molecular weight excluding hydrogens is 468 g/mol. The average Bonchev–Trinajstić information content (AvgIpc) is 3.15. The molecule has 1 amide bonds. The highest BCUT2D eigenvalue weighted by Crippen LogP contribution is 2.29. The summed E-state index contributed by atoms with van der Waals surface area (Å²) in [6.45, 7) is 6.60. The molecule has 3 atom stereocenters. The van der Waals surface area contributed by atoms with Gasteiger partial charge in [0.15, 0.2) is 6.10 Å². The van der Waals surface area contributed by atoms with E-state index in [2.05, 4.69) is 5.32 Å². The molecule has 2 N–H and O–H groups in total. The average molecular weight is 495 g/mol. The van der Waals surface area contributed by atoms with Gasteiger partial charge in [0.2, 0.25) is 10.0 Å². The molecule has 1 fully saturated rings. The van der Waals surface area contributed by atoms with Gasteiger partial charge in [-0.15, -0.1) is 0 Å². The zero-order chi connectivity index (χ0) is 24.5. The Morgan fingerprint density at radius 1 is 1.12 bits per heavy atom. The van der Waals surface area contributed by atoms with Crippen LogP contribution in [0.1, 0.15) is 30.0 Å². The van der Waals surface area contributed by atoms with Gasteiger partial charge in [-0.1, -0.05) is 23.7 Å². The topological polar surface area (TPSA) is 113 Å². The Morgan fingerprint density at radius 2 is 1.79 bits per heavy atom. The number of sulfonamides is 1. The van der Waals surface area contributed by atoms with E-state index in [1.807, 2.05) is 6.92 Å². The van der Waals surface area contributed by atoms with Crippen LogP contribution in [-0.2, 0) is 24.3 Å². The molecule has 0 saturated carbocycles. The van der Waals surface area contributed by atoms with Crippen LogP contribution in [0.3, 0.4) is 0 Å². The zero-order valence-corrected chi connectivity index (χ0v) is 20.4. The summed E-state index contributed by atoms with van der Waals surface area (Å²) in [6.07, 6.45) is -2.34. The quantitative estimate of drug-likeness (QED) is 0.597. The first-order valence-corrected chi connectivity index (χ1v) is 12.3. The maximum absolute atomic E-state index is 13.2. The summed E-state index contributed by atoms with van der Waals surface area (Å²) in [5.74, 6) is -1.49. The molecule has 0 bridgehead atoms. The maximum atomic E-state index is 13.2. The number of nitrogens with one attached hydrogen (secondary N) is 1. The molecule has 8 nitrogen and oxygen atoms in total. The first-order chi connectivity index (χ1) is 15.4. The van der Waals surface area contributed by atoms with Crippen LogP contribution in [0.2, 0.25) is 5.02 Å². The Kier molecular flexibility index (Phi) is 7.48. The van der Waals surface area contributed by atoms with Crippen molar-refractivity contribution in [2.24, 2.45) is 0 Å². The minimum absolute atomic E-state index is 0.0275. The van der Waals surface area contributed by atoms with Gasteiger partial charge in [0, 0.05) is 23.7 Å². The monoisotopic (exact) mass is 494 g/mol. The van der Waals surface area contributed by atoms with E-state index >= 15 is 0 Å². The number of ether oxygens (including phenoxy) is 1. The number of β-amino-alcohol motifs (C(OH)–C–C–N with tert-alkyl or cyclic N) is 1. The molecule has 1 saturated heterocycles. The number of aliphatic hydroxyl groups excluding tert-OH is 1. The van der Waals surface area contributed by atoms with Crippen LogP contribution < -0.4 is 5.32 Å². The van der Waals surface area contributed by atoms with Crippen LogP contribution in [0.5, 0.6) is 0 Å². The van der Waals surface area contributed by atoms with Gasteiger partial charge in [-0.05, 0) is 68.7 Å². The summed E-state index contributed by atoms with van der Waals surface area (Å²) in [4.78, 5) is 25.4. The Hall–Kier alpha value is -2.46. The first kappa shape index (κ1) is 25.2. The number of hydrogen-bond acceptors (Lipinski definition) is 6. The molecule has 178 valence electrons. The van der Waals surface area contributed by atoms with Gasteiger partial charge < -0.3 is 15.2 Å². The number of nitrogens with zero attached hydrogens (tertiary/aromatic N) is 1. The molecule has 1 aliphatic rings. The smallest absolute Gasteiger partial charge is 0.325 e. The third kappa shape index (κ3) is 5.55. The van der Waals surface area contributed by atoms with Crippen molar-refractivity contribution in [2.75, 3.05) is 11.9 Å². The van der Waals surface area contributed by atoms with Gasteiger partial charge in [0.1, 0.15) is 6.04 Å². The predicted molar refractivity (Wildman–Crippen MR) is 125 cm³/mol. The second kappa shape index (κ2) is 9.80. The molecule has 1 heterocycles. The fourth-order valence-corrected chi connectivity index (χ4v) is 5.43. The summed E-state index contributed by atoms with van der Waals surface area (Å²) < 4.78 is 32.6. The number of amides is 1. The van der Waals surface area contributed by atoms with Crippen molar-refractivity contribution in [1.29, 1.82) is 0 Å². The van der Waals surface area contributed by atoms with E-state index in [1.165, 1.54) is 19.1 Å². The van der Waals surface area contributed by atoms with Gasteiger partial charge in [-0.25, -0.2) is 8.42 Å². The summed E-state index contributed by atoms with van der Waals surface area (Å²) in [7, 11) is -4.06. The lowest BCUT2D eigenvalue weighted by molar-refractivity contribution is -0.156. The van der Waals surface area contributed by atoms with Crippen molar-refractivity contribution in [3.05, 3.63) is 58.1 Å². The number of carbonyl (C=O) groups excluding carboxylic acids is 2. The second-order valence-electron chi connectivity index (χ2n) is 8.25. The molecule has 0 radical (unpaired) electrons. The SMILES string of the molecule is Cc1ccc(S(=O)(=O)N2CC(O)C[C@H]2C(=O)OC(C)C(=O)Nc2cc(Cl)ccc2C)cc1C. The van der Waals surface area contributed by atoms with Crippen molar-refractivity contribution >= 4 is 39.2 Å². The number of esters is 1. The Morgan fingerprint density at radius 3 is 2.45 bits per heavy atom. The van der Waals surface area contributed by atoms with Crippen molar-refractivity contribution in [3.63, 3.8) is 0 Å². The van der Waals surface area contributed by atoms with Crippen LogP contribution in [-0.4, -0.2) is 54.5 Å². The number of hydrogen-bond donors (Lipinski definition) is 2. The van der Waals surface area contributed by atoms with E-state index in [0.29, 0.717) is 10.7 Å². The lowest BCUT2D eigenvalue weighted by atomic mass is 10.1. The normalized spacial score (nSPS) is 19.8. The zero-order valence-electron chi connectivity index (χ0n) is 18.8. The Bertz CT molecular complexity index is 1180. The molecule has 10 heteroatoms. The van der Waals surface area contributed by atoms with Crippen LogP contribution in [0.25, 0.3) is 0 Å². The summed E-state index contributed by atoms with van der Waals surface area (Å²) in [6, 6.07) is 8.45. The van der Waals surface area contributed by atoms with Gasteiger partial charge in [0.05, 0.1) is 11.0 Å². The number of aryl methyl sites for hydroxylation is 3. The Balaban J connectivity index is 1.75. The van der Waals surface area contributed by atoms with Gasteiger partial charge >= 0.3 is 5.97 Å². The lowest BCUT2D eigenvalue weighted by Crippen LogP contribution is -2.43. The van der Waals surface area contributed by atoms with Crippen molar-refractivity contribution in [3.8, 4) is 0 Å². The van der Waals surface area contributed by atoms with E-state index in [9.17, 15) is 23.1 Å². The standard InChI is InChI=1S/C23H27ClN2O6S/c1-13-6-8-19(9-15(13)3)33(30,31)26-12-18(27)11-21(26)23(29)32-16(4)22(28)25-20-10-17(24)7-5-14(20)2/h5-10,16,18,21,27H,11-12H2,1-4H3,(H,25,28)/t16?,18?,21-/m0/s1. The molecule has 1 aliphatic heterocycles. The molecule has 0 spiro atoms. The number of carbonyl (C=O) groups is 2. The number of halogens is 1. The van der Waals surface area contributed by atoms with E-state index < -0.39 is 40.1 Å². The van der Waals surface area contributed by atoms with E-state index in [0.717, 1.165) is 21.0 Å². The third-order valence-electron chi connectivity index (χ3n) is 5.71. The number of rotatable bonds is 6. The lowest BCUT2D eigenvalue weighted by Gasteiger charge is -2.24. The highest BCUT2D eigenvalue weighted by Gasteiger charge is 2.45. The predicted octanol–water partition coefficient (Wildman–Crippen LogP) is 2.96. The molecule has 0 aromatic heterocycles. The van der Waals surface area contributed by atoms with Crippen LogP contribution in [0, 0.1) is 20.8 Å². The third-order valence-corrected chi connectivity index (χ3v) is 7.82. The van der Waals surface area contributed by atoms with Crippen LogP contribution in [0.4, 0.5) is 5.69 Å². The maximum Gasteiger partial charge on any atom is 0.325 e. The second-order valence-corrected chi connectivity index (χ2v) is 10.6.